The van der Waals surface area contributed by atoms with Gasteiger partial charge in [-0.3, -0.25) is 14.4 Å². The molecule has 0 saturated heterocycles. The number of ether oxygens (including phenoxy) is 2. The summed E-state index contributed by atoms with van der Waals surface area (Å²) in [4.78, 5) is 59.3. The van der Waals surface area contributed by atoms with Crippen LogP contribution in [0.5, 0.6) is 11.5 Å². The fourth-order valence-electron chi connectivity index (χ4n) is 3.68. The number of Topliss-reactive ketones (excluding diaryl/α,β-unsaturated/α-hetero) is 1. The summed E-state index contributed by atoms with van der Waals surface area (Å²) in [5.41, 5.74) is 5.40. The minimum atomic E-state index is -1.21. The Labute approximate surface area is 221 Å². The van der Waals surface area contributed by atoms with Crippen LogP contribution < -0.4 is 31.2 Å². The molecule has 0 fully saturated rings. The van der Waals surface area contributed by atoms with Crippen molar-refractivity contribution in [2.75, 3.05) is 20.1 Å². The lowest BCUT2D eigenvalue weighted by molar-refractivity contribution is -0.140. The van der Waals surface area contributed by atoms with E-state index in [1.54, 1.807) is 24.3 Å². The number of carbonyl (C=O) groups excluding carboxylic acids is 3. The Bertz CT molecular complexity index is 1420. The summed E-state index contributed by atoms with van der Waals surface area (Å²) in [5.74, 6) is -2.83. The van der Waals surface area contributed by atoms with Crippen LogP contribution in [0.25, 0.3) is 21.7 Å². The maximum absolute atomic E-state index is 12.6. The predicted molar refractivity (Wildman–Crippen MR) is 137 cm³/mol. The van der Waals surface area contributed by atoms with Crippen molar-refractivity contribution in [2.24, 2.45) is 5.73 Å². The summed E-state index contributed by atoms with van der Waals surface area (Å²) in [6.45, 7) is 1.18. The number of amides is 2. The smallest absolute Gasteiger partial charge is 0.412 e. The van der Waals surface area contributed by atoms with E-state index in [0.29, 0.717) is 10.8 Å². The Morgan fingerprint density at radius 2 is 1.46 bits per heavy atom. The number of nitrogens with two attached hydrogens (primary N) is 1. The number of aliphatic carboxylic acids is 2. The molecule has 2 atom stereocenters. The maximum atomic E-state index is 12.6. The third kappa shape index (κ3) is 7.00. The minimum absolute atomic E-state index is 0.00526. The molecule has 1 aromatic heterocycles. The molecular weight excluding hydrogens is 516 g/mol. The molecule has 1 heterocycles. The first-order valence-corrected chi connectivity index (χ1v) is 11.8. The predicted octanol–water partition coefficient (Wildman–Crippen LogP) is 1.83. The van der Waals surface area contributed by atoms with Crippen molar-refractivity contribution in [3.63, 3.8) is 0 Å². The minimum Gasteiger partial charge on any atom is -0.480 e. The number of hydrogen-bond donors (Lipinski definition) is 6. The first-order valence-electron chi connectivity index (χ1n) is 11.8. The average molecular weight is 545 g/mol. The van der Waals surface area contributed by atoms with Gasteiger partial charge in [0.1, 0.15) is 12.1 Å². The SMILES string of the molecule is CN[C@@H](CCNC(=O)Oc1c2ccccc2c(OC(=O)NCC[C@H](N)C(=O)O)c2oc(C(C)=O)cc12)C(=O)O. The number of rotatable bonds is 12. The zero-order valence-corrected chi connectivity index (χ0v) is 21.1. The molecule has 0 bridgehead atoms. The normalized spacial score (nSPS) is 12.5. The fourth-order valence-corrected chi connectivity index (χ4v) is 3.68. The van der Waals surface area contributed by atoms with Gasteiger partial charge in [-0.2, -0.15) is 0 Å². The molecule has 2 aromatic carbocycles. The van der Waals surface area contributed by atoms with Crippen molar-refractivity contribution < 1.29 is 48.1 Å². The maximum Gasteiger partial charge on any atom is 0.412 e. The van der Waals surface area contributed by atoms with Crippen molar-refractivity contribution in [1.29, 1.82) is 0 Å². The van der Waals surface area contributed by atoms with Crippen LogP contribution in [0, 0.1) is 0 Å². The van der Waals surface area contributed by atoms with Crippen LogP contribution in [-0.4, -0.2) is 72.3 Å². The van der Waals surface area contributed by atoms with Gasteiger partial charge in [0, 0.05) is 30.8 Å². The van der Waals surface area contributed by atoms with Gasteiger partial charge in [-0.15, -0.1) is 0 Å². The third-order valence-corrected chi connectivity index (χ3v) is 5.73. The second-order valence-corrected chi connectivity index (χ2v) is 8.45. The van der Waals surface area contributed by atoms with Gasteiger partial charge in [-0.1, -0.05) is 24.3 Å². The second kappa shape index (κ2) is 12.7. The molecule has 0 saturated carbocycles. The lowest BCUT2D eigenvalue weighted by Crippen LogP contribution is -2.38. The van der Waals surface area contributed by atoms with Crippen LogP contribution in [0.2, 0.25) is 0 Å². The van der Waals surface area contributed by atoms with Crippen LogP contribution in [-0.2, 0) is 9.59 Å². The summed E-state index contributed by atoms with van der Waals surface area (Å²) in [6.07, 6.45) is -1.76. The molecule has 208 valence electrons. The highest BCUT2D eigenvalue weighted by atomic mass is 16.6. The van der Waals surface area contributed by atoms with Gasteiger partial charge in [-0.25, -0.2) is 9.59 Å². The Hall–Kier alpha value is -4.69. The lowest BCUT2D eigenvalue weighted by Gasteiger charge is -2.15. The van der Waals surface area contributed by atoms with E-state index in [1.165, 1.54) is 20.0 Å². The van der Waals surface area contributed by atoms with Crippen LogP contribution in [0.1, 0.15) is 30.3 Å². The van der Waals surface area contributed by atoms with Crippen LogP contribution >= 0.6 is 0 Å². The van der Waals surface area contributed by atoms with E-state index in [0.717, 1.165) is 0 Å². The second-order valence-electron chi connectivity index (χ2n) is 8.45. The summed E-state index contributed by atoms with van der Waals surface area (Å²) in [5, 5.41) is 26.4. The summed E-state index contributed by atoms with van der Waals surface area (Å²) >= 11 is 0. The van der Waals surface area contributed by atoms with Gasteiger partial charge in [0.25, 0.3) is 0 Å². The molecule has 0 aliphatic heterocycles. The van der Waals surface area contributed by atoms with Crippen LogP contribution in [0.4, 0.5) is 9.59 Å². The highest BCUT2D eigenvalue weighted by Gasteiger charge is 2.25. The highest BCUT2D eigenvalue weighted by molar-refractivity contribution is 6.12. The van der Waals surface area contributed by atoms with Crippen LogP contribution in [0.15, 0.2) is 34.7 Å². The molecule has 14 heteroatoms. The van der Waals surface area contributed by atoms with Gasteiger partial charge in [0.15, 0.2) is 28.6 Å². The number of ketones is 1. The van der Waals surface area contributed by atoms with E-state index in [-0.39, 0.29) is 54.2 Å². The van der Waals surface area contributed by atoms with Gasteiger partial charge >= 0.3 is 24.1 Å². The number of benzene rings is 2. The molecule has 2 amide bonds. The monoisotopic (exact) mass is 544 g/mol. The van der Waals surface area contributed by atoms with E-state index in [9.17, 15) is 24.0 Å². The largest absolute Gasteiger partial charge is 0.480 e. The summed E-state index contributed by atoms with van der Waals surface area (Å²) in [7, 11) is 1.49. The standard InChI is InChI=1S/C25H28N4O10/c1-12(30)18-11-15-19(38-24(35)29-10-8-17(27-2)23(33)34)13-5-3-4-6-14(13)20(21(15)37-18)39-25(36)28-9-7-16(26)22(31)32/h3-6,11,16-17,27H,7-10,26H2,1-2H3,(H,28,36)(H,29,35)(H,31,32)(H,33,34)/t16-,17-/m0/s1. The fraction of sp³-hybridized carbons (Fsp3) is 0.320. The van der Waals surface area contributed by atoms with E-state index < -0.39 is 42.0 Å². The Morgan fingerprint density at radius 3 is 2.00 bits per heavy atom. The van der Waals surface area contributed by atoms with Crippen molar-refractivity contribution in [3.05, 3.63) is 36.1 Å². The van der Waals surface area contributed by atoms with Crippen molar-refractivity contribution in [2.45, 2.75) is 31.8 Å². The number of carboxylic acid groups (broad SMARTS) is 2. The molecule has 39 heavy (non-hydrogen) atoms. The van der Waals surface area contributed by atoms with E-state index in [4.69, 9.17) is 29.8 Å². The molecule has 0 spiro atoms. The molecule has 3 aromatic rings. The van der Waals surface area contributed by atoms with Crippen molar-refractivity contribution >= 4 is 51.7 Å². The zero-order chi connectivity index (χ0) is 28.7. The first-order chi connectivity index (χ1) is 18.5. The number of hydrogen-bond acceptors (Lipinski definition) is 10. The number of likely N-dealkylation sites (N-methyl/N-ethyl adjacent to an activating group) is 1. The molecule has 7 N–H and O–H groups in total. The van der Waals surface area contributed by atoms with Gasteiger partial charge in [-0.05, 0) is 26.0 Å². The van der Waals surface area contributed by atoms with Gasteiger partial charge in [0.05, 0.1) is 5.39 Å². The molecular formula is C25H28N4O10. The number of nitrogens with one attached hydrogen (secondary N) is 3. The summed E-state index contributed by atoms with van der Waals surface area (Å²) < 4.78 is 16.8. The molecule has 0 aliphatic rings. The Balaban J connectivity index is 1.93. The first kappa shape index (κ1) is 28.9. The number of furan rings is 1. The Morgan fingerprint density at radius 1 is 0.897 bits per heavy atom. The van der Waals surface area contributed by atoms with E-state index >= 15 is 0 Å². The van der Waals surface area contributed by atoms with Crippen molar-refractivity contribution in [3.8, 4) is 11.5 Å². The summed E-state index contributed by atoms with van der Waals surface area (Å²) in [6, 6.07) is 5.81. The molecule has 14 nitrogen and oxygen atoms in total. The molecule has 0 radical (unpaired) electrons. The lowest BCUT2D eigenvalue weighted by atomic mass is 10.1. The quantitative estimate of drug-likeness (QED) is 0.180. The highest BCUT2D eigenvalue weighted by Crippen LogP contribution is 2.44. The van der Waals surface area contributed by atoms with Gasteiger partial charge < -0.3 is 45.8 Å². The average Bonchev–Trinajstić information content (AvgIpc) is 3.34. The topological polar surface area (TPSA) is 220 Å². The zero-order valence-electron chi connectivity index (χ0n) is 21.1. The van der Waals surface area contributed by atoms with Crippen LogP contribution in [0.3, 0.4) is 0 Å². The number of carboxylic acids is 2. The molecule has 3 rings (SSSR count). The van der Waals surface area contributed by atoms with E-state index in [2.05, 4.69) is 16.0 Å². The number of fused-ring (bicyclic) bond motifs is 2. The number of carbonyl (C=O) groups is 5. The van der Waals surface area contributed by atoms with E-state index in [1.807, 2.05) is 0 Å². The molecule has 0 aliphatic carbocycles. The Kier molecular flexibility index (Phi) is 9.41. The molecule has 0 unspecified atom stereocenters. The van der Waals surface area contributed by atoms with Crippen molar-refractivity contribution in [1.82, 2.24) is 16.0 Å². The van der Waals surface area contributed by atoms with Gasteiger partial charge in [0.2, 0.25) is 0 Å². The third-order valence-electron chi connectivity index (χ3n) is 5.73.